The molecule has 9 nitrogen and oxygen atoms in total. The van der Waals surface area contributed by atoms with Gasteiger partial charge in [-0.25, -0.2) is 14.0 Å². The quantitative estimate of drug-likeness (QED) is 0.575. The smallest absolute Gasteiger partial charge is 0.326 e. The van der Waals surface area contributed by atoms with Crippen molar-refractivity contribution in [2.24, 2.45) is 0 Å². The van der Waals surface area contributed by atoms with Gasteiger partial charge < -0.3 is 14.2 Å². The number of ether oxygens (including phenoxy) is 3. The highest BCUT2D eigenvalue weighted by Gasteiger charge is 2.34. The van der Waals surface area contributed by atoms with Gasteiger partial charge in [-0.1, -0.05) is 12.1 Å². The van der Waals surface area contributed by atoms with Crippen molar-refractivity contribution in [1.82, 2.24) is 9.71 Å². The number of nitrogens with zero attached hydrogens (tertiary/aromatic N) is 2. The average Bonchev–Trinajstić information content (AvgIpc) is 3.35. The van der Waals surface area contributed by atoms with Crippen molar-refractivity contribution in [3.05, 3.63) is 71.4 Å². The van der Waals surface area contributed by atoms with Gasteiger partial charge in [-0.3, -0.25) is 4.79 Å². The van der Waals surface area contributed by atoms with Crippen LogP contribution in [-0.2, 0) is 21.4 Å². The number of pyridine rings is 1. The van der Waals surface area contributed by atoms with Gasteiger partial charge in [0, 0.05) is 11.6 Å². The predicted octanol–water partition coefficient (Wildman–Crippen LogP) is 3.44. The van der Waals surface area contributed by atoms with Gasteiger partial charge in [0.1, 0.15) is 29.9 Å². The van der Waals surface area contributed by atoms with Gasteiger partial charge >= 0.3 is 10.2 Å². The fraction of sp³-hybridized carbons (Fsp3) is 0.250. The van der Waals surface area contributed by atoms with E-state index >= 15 is 0 Å². The number of nitrogens with one attached hydrogen (secondary N) is 1. The lowest BCUT2D eigenvalue weighted by Gasteiger charge is -2.18. The number of fused-ring (bicyclic) bond motifs is 1. The summed E-state index contributed by atoms with van der Waals surface area (Å²) in [6, 6.07) is 16.2. The highest BCUT2D eigenvalue weighted by atomic mass is 32.2. The van der Waals surface area contributed by atoms with E-state index in [-0.39, 0.29) is 12.6 Å². The molecule has 34 heavy (non-hydrogen) atoms. The molecule has 2 aliphatic rings. The fourth-order valence-corrected chi connectivity index (χ4v) is 5.35. The Bertz CT molecular complexity index is 1360. The highest BCUT2D eigenvalue weighted by molar-refractivity contribution is 7.92. The first-order valence-electron chi connectivity index (χ1n) is 10.8. The molecule has 176 valence electrons. The normalized spacial score (nSPS) is 18.4. The van der Waals surface area contributed by atoms with Crippen molar-refractivity contribution >= 4 is 21.8 Å². The van der Waals surface area contributed by atoms with E-state index in [9.17, 15) is 13.2 Å². The summed E-state index contributed by atoms with van der Waals surface area (Å²) in [4.78, 5) is 15.8. The first-order valence-corrected chi connectivity index (χ1v) is 12.2. The molecular weight excluding hydrogens is 458 g/mol. The Balaban J connectivity index is 1.32. The molecule has 0 unspecified atom stereocenters. The van der Waals surface area contributed by atoms with Crippen molar-refractivity contribution in [1.29, 1.82) is 0 Å². The number of anilines is 1. The average molecular weight is 482 g/mol. The van der Waals surface area contributed by atoms with E-state index in [1.54, 1.807) is 37.4 Å². The molecule has 0 spiro atoms. The first kappa shape index (κ1) is 22.0. The topological polar surface area (TPSA) is 107 Å². The lowest BCUT2D eigenvalue weighted by molar-refractivity contribution is -0.117. The maximum Gasteiger partial charge on any atom is 0.326 e. The molecule has 1 fully saturated rings. The minimum absolute atomic E-state index is 0.154. The van der Waals surface area contributed by atoms with Crippen LogP contribution in [-0.4, -0.2) is 33.0 Å². The fourth-order valence-electron chi connectivity index (χ4n) is 4.20. The number of benzene rings is 2. The third-order valence-corrected chi connectivity index (χ3v) is 7.24. The molecule has 2 heterocycles. The molecule has 2 aromatic carbocycles. The van der Waals surface area contributed by atoms with Crippen LogP contribution in [0, 0.1) is 6.92 Å². The number of aromatic nitrogens is 1. The molecule has 0 saturated carbocycles. The third kappa shape index (κ3) is 4.12. The SMILES string of the molecule is COc1ccc(Oc2cccc3c2CC[C@H]3Oc2ccc(N3CC(=O)NS3(=O)=O)cc2)c(C)n1. The number of carbonyl (C=O) groups is 1. The number of rotatable bonds is 6. The summed E-state index contributed by atoms with van der Waals surface area (Å²) in [5.74, 6) is 2.03. The molecule has 1 aliphatic heterocycles. The molecule has 0 radical (unpaired) electrons. The maximum absolute atomic E-state index is 12.0. The summed E-state index contributed by atoms with van der Waals surface area (Å²) in [7, 11) is -2.26. The van der Waals surface area contributed by atoms with E-state index in [0.717, 1.165) is 39.7 Å². The standard InChI is InChI=1S/C24H23N3O6S/c1-15-20(12-13-24(25-15)31-2)33-21-5-3-4-18-19(21)10-11-22(18)32-17-8-6-16(7-9-17)27-14-23(28)26-34(27,29)30/h3-9,12-13,22H,10-11,14H2,1-2H3,(H,26,28)/t22-/m1/s1. The number of carbonyl (C=O) groups excluding carboxylic acids is 1. The van der Waals surface area contributed by atoms with Crippen LogP contribution in [0.2, 0.25) is 0 Å². The summed E-state index contributed by atoms with van der Waals surface area (Å²) >= 11 is 0. The summed E-state index contributed by atoms with van der Waals surface area (Å²) in [6.45, 7) is 1.64. The number of aryl methyl sites for hydroxylation is 1. The van der Waals surface area contributed by atoms with Crippen molar-refractivity contribution in [2.45, 2.75) is 25.9 Å². The van der Waals surface area contributed by atoms with E-state index in [1.807, 2.05) is 35.9 Å². The molecule has 1 N–H and O–H groups in total. The number of hydrogen-bond donors (Lipinski definition) is 1. The van der Waals surface area contributed by atoms with Crippen molar-refractivity contribution in [3.63, 3.8) is 0 Å². The second-order valence-electron chi connectivity index (χ2n) is 8.04. The molecule has 1 aromatic heterocycles. The van der Waals surface area contributed by atoms with Gasteiger partial charge in [0.15, 0.2) is 0 Å². The molecule has 5 rings (SSSR count). The van der Waals surface area contributed by atoms with Gasteiger partial charge in [-0.2, -0.15) is 8.42 Å². The molecular formula is C24H23N3O6S. The lowest BCUT2D eigenvalue weighted by atomic mass is 10.1. The molecule has 1 amide bonds. The maximum atomic E-state index is 12.0. The largest absolute Gasteiger partial charge is 0.486 e. The van der Waals surface area contributed by atoms with Crippen LogP contribution in [0.3, 0.4) is 0 Å². The zero-order chi connectivity index (χ0) is 23.9. The number of hydrogen-bond acceptors (Lipinski definition) is 7. The van der Waals surface area contributed by atoms with Crippen LogP contribution in [0.25, 0.3) is 0 Å². The zero-order valence-corrected chi connectivity index (χ0v) is 19.5. The van der Waals surface area contributed by atoms with E-state index in [1.165, 1.54) is 0 Å². The van der Waals surface area contributed by atoms with E-state index in [0.29, 0.717) is 23.1 Å². The Hall–Kier alpha value is -3.79. The Kier molecular flexibility index (Phi) is 5.52. The zero-order valence-electron chi connectivity index (χ0n) is 18.6. The van der Waals surface area contributed by atoms with Crippen LogP contribution in [0.15, 0.2) is 54.6 Å². The molecule has 1 aliphatic carbocycles. The van der Waals surface area contributed by atoms with Crippen LogP contribution >= 0.6 is 0 Å². The molecule has 3 aromatic rings. The van der Waals surface area contributed by atoms with E-state index in [4.69, 9.17) is 14.2 Å². The first-order chi connectivity index (χ1) is 16.3. The third-order valence-electron chi connectivity index (χ3n) is 5.84. The Morgan fingerprint density at radius 1 is 1.06 bits per heavy atom. The highest BCUT2D eigenvalue weighted by Crippen LogP contribution is 2.41. The lowest BCUT2D eigenvalue weighted by Crippen LogP contribution is -2.29. The van der Waals surface area contributed by atoms with Gasteiger partial charge in [-0.15, -0.1) is 0 Å². The van der Waals surface area contributed by atoms with Crippen LogP contribution in [0.1, 0.15) is 29.3 Å². The van der Waals surface area contributed by atoms with Crippen LogP contribution < -0.4 is 23.2 Å². The minimum atomic E-state index is -3.83. The molecule has 1 saturated heterocycles. The van der Waals surface area contributed by atoms with Crippen molar-refractivity contribution in [2.75, 3.05) is 18.0 Å². The summed E-state index contributed by atoms with van der Waals surface area (Å²) < 4.78 is 44.6. The Morgan fingerprint density at radius 3 is 2.53 bits per heavy atom. The molecule has 1 atom stereocenters. The van der Waals surface area contributed by atoms with Gasteiger partial charge in [-0.05, 0) is 61.7 Å². The number of amides is 1. The van der Waals surface area contributed by atoms with Crippen molar-refractivity contribution < 1.29 is 27.4 Å². The van der Waals surface area contributed by atoms with Gasteiger partial charge in [0.2, 0.25) is 5.88 Å². The second kappa shape index (κ2) is 8.53. The van der Waals surface area contributed by atoms with E-state index < -0.39 is 16.1 Å². The summed E-state index contributed by atoms with van der Waals surface area (Å²) in [6.07, 6.45) is 1.44. The minimum Gasteiger partial charge on any atom is -0.486 e. The second-order valence-corrected chi connectivity index (χ2v) is 9.63. The van der Waals surface area contributed by atoms with E-state index in [2.05, 4.69) is 4.98 Å². The van der Waals surface area contributed by atoms with Gasteiger partial charge in [0.05, 0.1) is 18.5 Å². The summed E-state index contributed by atoms with van der Waals surface area (Å²) in [5.41, 5.74) is 3.28. The van der Waals surface area contributed by atoms with Crippen molar-refractivity contribution in [3.8, 4) is 23.1 Å². The van der Waals surface area contributed by atoms with Crippen LogP contribution in [0.5, 0.6) is 23.1 Å². The Morgan fingerprint density at radius 2 is 1.85 bits per heavy atom. The number of methoxy groups -OCH3 is 1. The molecule has 0 bridgehead atoms. The predicted molar refractivity (Wildman–Crippen MR) is 125 cm³/mol. The summed E-state index contributed by atoms with van der Waals surface area (Å²) in [5, 5.41) is 0. The monoisotopic (exact) mass is 481 g/mol. The van der Waals surface area contributed by atoms with Gasteiger partial charge in [0.25, 0.3) is 5.91 Å². The molecule has 10 heteroatoms. The Labute approximate surface area is 197 Å². The van der Waals surface area contributed by atoms with Crippen LogP contribution in [0.4, 0.5) is 5.69 Å².